The Bertz CT molecular complexity index is 1230. The predicted molar refractivity (Wildman–Crippen MR) is 160 cm³/mol. The number of benzene rings is 1. The molecule has 2 heterocycles. The second-order valence-electron chi connectivity index (χ2n) is 12.6. The first-order valence-electron chi connectivity index (χ1n) is 14.3. The maximum absolute atomic E-state index is 13.6. The number of hydrogen-bond donors (Lipinski definition) is 3. The summed E-state index contributed by atoms with van der Waals surface area (Å²) in [4.78, 5) is 59.0. The predicted octanol–water partition coefficient (Wildman–Crippen LogP) is 3.66. The molecule has 3 amide bonds. The van der Waals surface area contributed by atoms with E-state index in [0.29, 0.717) is 6.42 Å². The Kier molecular flexibility index (Phi) is 10.8. The van der Waals surface area contributed by atoms with Crippen LogP contribution in [0.5, 0.6) is 0 Å². The van der Waals surface area contributed by atoms with Crippen LogP contribution >= 0.6 is 11.3 Å². The van der Waals surface area contributed by atoms with Gasteiger partial charge in [0.05, 0.1) is 28.2 Å². The van der Waals surface area contributed by atoms with Crippen molar-refractivity contribution in [3.05, 3.63) is 41.0 Å². The number of aromatic nitrogens is 1. The Labute approximate surface area is 247 Å². The normalized spacial score (nSPS) is 18.7. The molecule has 3 rings (SSSR count). The van der Waals surface area contributed by atoms with Crippen LogP contribution in [0.2, 0.25) is 0 Å². The van der Waals surface area contributed by atoms with E-state index in [-0.39, 0.29) is 48.8 Å². The van der Waals surface area contributed by atoms with Gasteiger partial charge in [-0.05, 0) is 42.7 Å². The van der Waals surface area contributed by atoms with Crippen LogP contribution in [0, 0.1) is 18.3 Å². The Morgan fingerprint density at radius 2 is 1.76 bits per heavy atom. The number of carbonyl (C=O) groups excluding carboxylic acids is 4. The lowest BCUT2D eigenvalue weighted by Gasteiger charge is -2.31. The molecule has 0 saturated carbocycles. The average molecular weight is 585 g/mol. The number of thiazole rings is 1. The van der Waals surface area contributed by atoms with Gasteiger partial charge >= 0.3 is 0 Å². The van der Waals surface area contributed by atoms with Crippen LogP contribution in [-0.2, 0) is 25.6 Å². The molecule has 1 fully saturated rings. The molecule has 9 nitrogen and oxygen atoms in total. The number of β-amino-alcohol motifs (C(OH)–C–C–N with tert-alkyl or cyclic N) is 1. The lowest BCUT2D eigenvalue weighted by Crippen LogP contribution is -2.57. The van der Waals surface area contributed by atoms with Crippen molar-refractivity contribution in [1.82, 2.24) is 20.5 Å². The zero-order chi connectivity index (χ0) is 30.5. The Morgan fingerprint density at radius 3 is 2.32 bits per heavy atom. The zero-order valence-corrected chi connectivity index (χ0v) is 26.0. The van der Waals surface area contributed by atoms with E-state index in [1.54, 1.807) is 18.3 Å². The quantitative estimate of drug-likeness (QED) is 0.370. The number of ketones is 1. The van der Waals surface area contributed by atoms with E-state index >= 15 is 0 Å². The van der Waals surface area contributed by atoms with Gasteiger partial charge in [-0.2, -0.15) is 0 Å². The van der Waals surface area contributed by atoms with Gasteiger partial charge in [-0.15, -0.1) is 11.3 Å². The molecule has 41 heavy (non-hydrogen) atoms. The molecular formula is C31H44N4O5S. The number of aryl methyl sites for hydroxylation is 2. The topological polar surface area (TPSA) is 129 Å². The first-order valence-corrected chi connectivity index (χ1v) is 15.1. The van der Waals surface area contributed by atoms with E-state index in [9.17, 15) is 24.3 Å². The molecule has 1 aliphatic heterocycles. The van der Waals surface area contributed by atoms with Crippen molar-refractivity contribution < 1.29 is 24.3 Å². The van der Waals surface area contributed by atoms with Gasteiger partial charge in [-0.3, -0.25) is 19.2 Å². The van der Waals surface area contributed by atoms with Crippen molar-refractivity contribution in [2.75, 3.05) is 6.54 Å². The highest BCUT2D eigenvalue weighted by Gasteiger charge is 2.42. The number of hydrogen-bond acceptors (Lipinski definition) is 7. The molecule has 224 valence electrons. The monoisotopic (exact) mass is 584 g/mol. The lowest BCUT2D eigenvalue weighted by atomic mass is 9.92. The minimum atomic E-state index is -0.896. The van der Waals surface area contributed by atoms with E-state index in [0.717, 1.165) is 21.7 Å². The van der Waals surface area contributed by atoms with Crippen LogP contribution in [0.4, 0.5) is 0 Å². The molecule has 10 heteroatoms. The zero-order valence-electron chi connectivity index (χ0n) is 25.2. The van der Waals surface area contributed by atoms with Crippen LogP contribution in [-0.4, -0.2) is 69.3 Å². The molecule has 0 spiro atoms. The van der Waals surface area contributed by atoms with Crippen LogP contribution in [0.25, 0.3) is 10.4 Å². The third-order valence-electron chi connectivity index (χ3n) is 7.25. The van der Waals surface area contributed by atoms with E-state index < -0.39 is 36.0 Å². The summed E-state index contributed by atoms with van der Waals surface area (Å²) in [5.74, 6) is -1.50. The first-order chi connectivity index (χ1) is 19.2. The number of likely N-dealkylation sites (tertiary alicyclic amines) is 1. The first kappa shape index (κ1) is 32.4. The van der Waals surface area contributed by atoms with Gasteiger partial charge in [0.2, 0.25) is 17.7 Å². The van der Waals surface area contributed by atoms with Gasteiger partial charge in [0.1, 0.15) is 12.1 Å². The van der Waals surface area contributed by atoms with Crippen molar-refractivity contribution >= 4 is 34.8 Å². The van der Waals surface area contributed by atoms with E-state index in [2.05, 4.69) is 15.6 Å². The molecule has 1 aliphatic rings. The molecule has 0 bridgehead atoms. The molecule has 2 aromatic rings. The largest absolute Gasteiger partial charge is 0.391 e. The van der Waals surface area contributed by atoms with Gasteiger partial charge in [-0.25, -0.2) is 4.98 Å². The standard InChI is InChI=1S/C31H44N4O5S/c1-18(2)27(34-29(39)20(4)33-26(38)15-31(5,6)7)30(40)35-16-23(36)14-24(35)25(37)13-10-21-8-11-22(12-9-21)28-19(3)32-17-41-28/h8-9,11-12,17-18,20,23-24,27,36H,10,13-16H2,1-7H3,(H,33,38)(H,34,39)/t20-,23+,24-,27-/m0/s1. The molecule has 1 aromatic carbocycles. The maximum atomic E-state index is 13.6. The summed E-state index contributed by atoms with van der Waals surface area (Å²) in [6, 6.07) is 5.58. The third kappa shape index (κ3) is 8.94. The summed E-state index contributed by atoms with van der Waals surface area (Å²) in [7, 11) is 0. The number of amides is 3. The van der Waals surface area contributed by atoms with Gasteiger partial charge in [0.15, 0.2) is 5.78 Å². The molecule has 1 saturated heterocycles. The van der Waals surface area contributed by atoms with E-state index in [1.165, 1.54) is 4.90 Å². The van der Waals surface area contributed by atoms with Crippen molar-refractivity contribution in [1.29, 1.82) is 0 Å². The van der Waals surface area contributed by atoms with Gasteiger partial charge < -0.3 is 20.6 Å². The fraction of sp³-hybridized carbons (Fsp3) is 0.581. The molecule has 3 N–H and O–H groups in total. The minimum absolute atomic E-state index is 0.0368. The maximum Gasteiger partial charge on any atom is 0.246 e. The van der Waals surface area contributed by atoms with Gasteiger partial charge in [-0.1, -0.05) is 58.9 Å². The Hall–Kier alpha value is -3.11. The van der Waals surface area contributed by atoms with E-state index in [1.807, 2.05) is 71.3 Å². The molecule has 1 aromatic heterocycles. The van der Waals surface area contributed by atoms with Crippen LogP contribution in [0.3, 0.4) is 0 Å². The third-order valence-corrected chi connectivity index (χ3v) is 8.23. The summed E-state index contributed by atoms with van der Waals surface area (Å²) in [6.07, 6.45) is 0.379. The summed E-state index contributed by atoms with van der Waals surface area (Å²) < 4.78 is 0. The smallest absolute Gasteiger partial charge is 0.246 e. The number of rotatable bonds is 11. The summed E-state index contributed by atoms with van der Waals surface area (Å²) in [6.45, 7) is 13.0. The minimum Gasteiger partial charge on any atom is -0.391 e. The number of carbonyl (C=O) groups is 4. The number of aliphatic hydroxyl groups excluding tert-OH is 1. The van der Waals surface area contributed by atoms with Crippen molar-refractivity contribution in [2.24, 2.45) is 11.3 Å². The van der Waals surface area contributed by atoms with Crippen LogP contribution in [0.1, 0.15) is 72.1 Å². The summed E-state index contributed by atoms with van der Waals surface area (Å²) in [5.41, 5.74) is 4.68. The van der Waals surface area contributed by atoms with Crippen molar-refractivity contribution in [3.63, 3.8) is 0 Å². The fourth-order valence-corrected chi connectivity index (χ4v) is 5.82. The average Bonchev–Trinajstić information content (AvgIpc) is 3.49. The number of nitrogens with one attached hydrogen (secondary N) is 2. The summed E-state index contributed by atoms with van der Waals surface area (Å²) in [5, 5.41) is 15.9. The highest BCUT2D eigenvalue weighted by molar-refractivity contribution is 7.13. The second kappa shape index (κ2) is 13.7. The molecule has 4 atom stereocenters. The molecular weight excluding hydrogens is 540 g/mol. The van der Waals surface area contributed by atoms with Gasteiger partial charge in [0.25, 0.3) is 0 Å². The highest BCUT2D eigenvalue weighted by Crippen LogP contribution is 2.28. The lowest BCUT2D eigenvalue weighted by molar-refractivity contribution is -0.142. The second-order valence-corrected chi connectivity index (χ2v) is 13.4. The molecule has 0 radical (unpaired) electrons. The Morgan fingerprint density at radius 1 is 1.10 bits per heavy atom. The van der Waals surface area contributed by atoms with Crippen LogP contribution < -0.4 is 10.6 Å². The van der Waals surface area contributed by atoms with Crippen molar-refractivity contribution in [3.8, 4) is 10.4 Å². The highest BCUT2D eigenvalue weighted by atomic mass is 32.1. The van der Waals surface area contributed by atoms with Crippen LogP contribution in [0.15, 0.2) is 29.8 Å². The van der Waals surface area contributed by atoms with Gasteiger partial charge in [0, 0.05) is 25.8 Å². The number of aliphatic hydroxyl groups is 1. The molecule has 0 unspecified atom stereocenters. The number of nitrogens with zero attached hydrogens (tertiary/aromatic N) is 2. The summed E-state index contributed by atoms with van der Waals surface area (Å²) >= 11 is 1.59. The van der Waals surface area contributed by atoms with Crippen molar-refractivity contribution in [2.45, 2.75) is 98.4 Å². The number of Topliss-reactive ketones (excluding diaryl/α,β-unsaturated/α-hetero) is 1. The SMILES string of the molecule is Cc1ncsc1-c1ccc(CCC(=O)[C@@H]2C[C@@H](O)CN2C(=O)[C@@H](NC(=O)[C@H](C)NC(=O)CC(C)(C)C)C(C)C)cc1. The molecule has 0 aliphatic carbocycles. The Balaban J connectivity index is 1.62. The fourth-order valence-electron chi connectivity index (χ4n) is 5.01. The van der Waals surface area contributed by atoms with E-state index in [4.69, 9.17) is 0 Å².